The summed E-state index contributed by atoms with van der Waals surface area (Å²) in [6, 6.07) is 7.30. The number of nitrogens with zero attached hydrogens (tertiary/aromatic N) is 2. The Labute approximate surface area is 232 Å². The van der Waals surface area contributed by atoms with E-state index in [1.807, 2.05) is 45.9 Å². The molecule has 0 spiro atoms. The highest BCUT2D eigenvalue weighted by Gasteiger charge is 2.32. The molecule has 0 unspecified atom stereocenters. The number of nitrogens with one attached hydrogen (secondary N) is 1. The number of methoxy groups -OCH3 is 2. The molecule has 0 radical (unpaired) electrons. The Balaban J connectivity index is 1.58. The van der Waals surface area contributed by atoms with Crippen molar-refractivity contribution in [3.63, 3.8) is 0 Å². The minimum atomic E-state index is -0.568. The van der Waals surface area contributed by atoms with Gasteiger partial charge in [-0.15, -0.1) is 0 Å². The number of benzene rings is 2. The van der Waals surface area contributed by atoms with Crippen LogP contribution < -0.4 is 14.8 Å². The van der Waals surface area contributed by atoms with Crippen LogP contribution in [0.25, 0.3) is 22.0 Å². The van der Waals surface area contributed by atoms with Gasteiger partial charge >= 0.3 is 6.09 Å². The quantitative estimate of drug-likeness (QED) is 0.368. The number of hydrogen-bond donors (Lipinski definition) is 1. The van der Waals surface area contributed by atoms with Crippen molar-refractivity contribution in [3.8, 4) is 22.6 Å². The van der Waals surface area contributed by atoms with Crippen molar-refractivity contribution < 1.29 is 23.7 Å². The minimum Gasteiger partial charge on any atom is -0.495 e. The molecule has 10 heteroatoms. The Morgan fingerprint density at radius 2 is 1.82 bits per heavy atom. The molecule has 204 valence electrons. The first-order valence-electron chi connectivity index (χ1n) is 12.5. The van der Waals surface area contributed by atoms with Gasteiger partial charge in [0.1, 0.15) is 22.9 Å². The van der Waals surface area contributed by atoms with Crippen LogP contribution in [0, 0.1) is 5.92 Å². The number of ether oxygens (including phenoxy) is 4. The van der Waals surface area contributed by atoms with Gasteiger partial charge in [0.25, 0.3) is 0 Å². The Morgan fingerprint density at radius 3 is 2.45 bits per heavy atom. The van der Waals surface area contributed by atoms with Gasteiger partial charge in [0.05, 0.1) is 42.5 Å². The summed E-state index contributed by atoms with van der Waals surface area (Å²) in [5, 5.41) is 4.64. The van der Waals surface area contributed by atoms with Gasteiger partial charge in [-0.25, -0.2) is 14.8 Å². The van der Waals surface area contributed by atoms with E-state index >= 15 is 0 Å². The van der Waals surface area contributed by atoms with Crippen LogP contribution in [-0.2, 0) is 15.9 Å². The lowest BCUT2D eigenvalue weighted by Gasteiger charge is -2.35. The summed E-state index contributed by atoms with van der Waals surface area (Å²) in [5.74, 6) is 1.61. The van der Waals surface area contributed by atoms with E-state index in [0.717, 1.165) is 16.5 Å². The summed E-state index contributed by atoms with van der Waals surface area (Å²) in [4.78, 5) is 21.8. The number of alkyl carbamates (subject to hydrolysis) is 1. The normalized spacial score (nSPS) is 19.7. The molecule has 3 atom stereocenters. The average molecular weight is 562 g/mol. The van der Waals surface area contributed by atoms with E-state index in [2.05, 4.69) is 10.3 Å². The fraction of sp³-hybridized carbons (Fsp3) is 0.464. The molecule has 1 fully saturated rings. The molecule has 8 nitrogen and oxygen atoms in total. The molecule has 2 aromatic carbocycles. The topological polar surface area (TPSA) is 91.8 Å². The van der Waals surface area contributed by atoms with E-state index in [0.29, 0.717) is 52.4 Å². The van der Waals surface area contributed by atoms with Crippen LogP contribution in [0.1, 0.15) is 39.9 Å². The summed E-state index contributed by atoms with van der Waals surface area (Å²) in [7, 11) is 3.08. The Bertz CT molecular complexity index is 1300. The summed E-state index contributed by atoms with van der Waals surface area (Å²) in [5.41, 5.74) is 1.61. The molecule has 0 saturated carbocycles. The number of rotatable bonds is 6. The monoisotopic (exact) mass is 561 g/mol. The van der Waals surface area contributed by atoms with E-state index < -0.39 is 11.7 Å². The molecule has 1 aliphatic rings. The van der Waals surface area contributed by atoms with E-state index in [1.54, 1.807) is 26.5 Å². The maximum atomic E-state index is 12.4. The number of aromatic nitrogens is 2. The Morgan fingerprint density at radius 1 is 1.13 bits per heavy atom. The predicted octanol–water partition coefficient (Wildman–Crippen LogP) is 6.48. The van der Waals surface area contributed by atoms with Gasteiger partial charge in [0, 0.05) is 41.6 Å². The van der Waals surface area contributed by atoms with Gasteiger partial charge in [0.15, 0.2) is 0 Å². The zero-order chi connectivity index (χ0) is 27.6. The second-order valence-electron chi connectivity index (χ2n) is 10.4. The second-order valence-corrected chi connectivity index (χ2v) is 11.2. The second kappa shape index (κ2) is 11.5. The average Bonchev–Trinajstić information content (AvgIpc) is 2.85. The molecule has 3 aromatic rings. The van der Waals surface area contributed by atoms with E-state index in [9.17, 15) is 4.79 Å². The third-order valence-electron chi connectivity index (χ3n) is 6.39. The van der Waals surface area contributed by atoms with Crippen molar-refractivity contribution in [2.45, 2.75) is 58.3 Å². The molecule has 1 saturated heterocycles. The zero-order valence-electron chi connectivity index (χ0n) is 22.4. The summed E-state index contributed by atoms with van der Waals surface area (Å²) in [6.45, 7) is 8.03. The molecular formula is C28H33Cl2N3O5. The summed E-state index contributed by atoms with van der Waals surface area (Å²) in [6.07, 6.45) is 2.63. The standard InChI is InChI=1S/C28H33Cl2N3O5/c1-15-9-20(33-27(34)38-28(2,3)4)18(14-37-15)11-23-31-13-17-10-16(7-8-19(17)32-23)24-25(29)21(35-5)12-22(36-6)26(24)30/h7-8,10,12-13,15,18,20H,9,11,14H2,1-6H3,(H,33,34)/t15-,18+,20-/m0/s1. The third-order valence-corrected chi connectivity index (χ3v) is 7.14. The first-order valence-corrected chi connectivity index (χ1v) is 13.2. The molecule has 0 bridgehead atoms. The Kier molecular flexibility index (Phi) is 8.55. The highest BCUT2D eigenvalue weighted by molar-refractivity contribution is 6.41. The number of amides is 1. The SMILES string of the molecule is COc1cc(OC)c(Cl)c(-c2ccc3nc(C[C@@H]4CO[C@@H](C)C[C@@H]4NC(=O)OC(C)(C)C)ncc3c2)c1Cl. The minimum absolute atomic E-state index is 0.0114. The summed E-state index contributed by atoms with van der Waals surface area (Å²) < 4.78 is 22.2. The molecule has 1 amide bonds. The maximum absolute atomic E-state index is 12.4. The molecule has 0 aliphatic carbocycles. The lowest BCUT2D eigenvalue weighted by Crippen LogP contribution is -2.49. The van der Waals surface area contributed by atoms with Gasteiger partial charge in [-0.1, -0.05) is 29.3 Å². The molecule has 1 N–H and O–H groups in total. The van der Waals surface area contributed by atoms with Gasteiger partial charge in [-0.3, -0.25) is 0 Å². The van der Waals surface area contributed by atoms with Crippen molar-refractivity contribution in [2.75, 3.05) is 20.8 Å². The smallest absolute Gasteiger partial charge is 0.407 e. The van der Waals surface area contributed by atoms with E-state index in [-0.39, 0.29) is 18.1 Å². The van der Waals surface area contributed by atoms with Crippen molar-refractivity contribution in [1.29, 1.82) is 0 Å². The van der Waals surface area contributed by atoms with Crippen LogP contribution in [0.4, 0.5) is 4.79 Å². The van der Waals surface area contributed by atoms with Crippen molar-refractivity contribution in [2.24, 2.45) is 5.92 Å². The van der Waals surface area contributed by atoms with Crippen molar-refractivity contribution >= 4 is 40.2 Å². The lowest BCUT2D eigenvalue weighted by atomic mass is 9.90. The fourth-order valence-corrected chi connectivity index (χ4v) is 5.28. The fourth-order valence-electron chi connectivity index (χ4n) is 4.56. The van der Waals surface area contributed by atoms with Crippen LogP contribution in [-0.4, -0.2) is 54.6 Å². The van der Waals surface area contributed by atoms with E-state index in [4.69, 9.17) is 47.1 Å². The molecule has 4 rings (SSSR count). The molecule has 38 heavy (non-hydrogen) atoms. The number of carbonyl (C=O) groups is 1. The lowest BCUT2D eigenvalue weighted by molar-refractivity contribution is -0.0264. The van der Waals surface area contributed by atoms with E-state index in [1.165, 1.54) is 0 Å². The van der Waals surface area contributed by atoms with Crippen molar-refractivity contribution in [3.05, 3.63) is 46.3 Å². The van der Waals surface area contributed by atoms with Gasteiger partial charge in [-0.2, -0.15) is 0 Å². The molecule has 1 aliphatic heterocycles. The van der Waals surface area contributed by atoms with Crippen LogP contribution in [0.2, 0.25) is 10.0 Å². The predicted molar refractivity (Wildman–Crippen MR) is 148 cm³/mol. The third kappa shape index (κ3) is 6.42. The molecule has 1 aromatic heterocycles. The highest BCUT2D eigenvalue weighted by Crippen LogP contribution is 2.46. The number of carbonyl (C=O) groups excluding carboxylic acids is 1. The highest BCUT2D eigenvalue weighted by atomic mass is 35.5. The van der Waals surface area contributed by atoms with Crippen LogP contribution in [0.5, 0.6) is 11.5 Å². The van der Waals surface area contributed by atoms with Gasteiger partial charge in [0.2, 0.25) is 0 Å². The van der Waals surface area contributed by atoms with Crippen LogP contribution in [0.15, 0.2) is 30.5 Å². The first kappa shape index (κ1) is 28.2. The zero-order valence-corrected chi connectivity index (χ0v) is 23.9. The first-order chi connectivity index (χ1) is 18.0. The maximum Gasteiger partial charge on any atom is 0.407 e. The number of halogens is 2. The summed E-state index contributed by atoms with van der Waals surface area (Å²) >= 11 is 13.2. The molecular weight excluding hydrogens is 529 g/mol. The number of fused-ring (bicyclic) bond motifs is 1. The molecule has 2 heterocycles. The number of hydrogen-bond acceptors (Lipinski definition) is 7. The van der Waals surface area contributed by atoms with Crippen LogP contribution >= 0.6 is 23.2 Å². The Hall–Kier alpha value is -2.81. The largest absolute Gasteiger partial charge is 0.495 e. The van der Waals surface area contributed by atoms with Crippen LogP contribution in [0.3, 0.4) is 0 Å². The van der Waals surface area contributed by atoms with Gasteiger partial charge in [-0.05, 0) is 51.8 Å². The van der Waals surface area contributed by atoms with Gasteiger partial charge < -0.3 is 24.3 Å². The van der Waals surface area contributed by atoms with Crippen molar-refractivity contribution in [1.82, 2.24) is 15.3 Å².